The Kier molecular flexibility index (Phi) is 16.1. The Morgan fingerprint density at radius 1 is 0.389 bits per heavy atom. The zero-order valence-electron chi connectivity index (χ0n) is 37.0. The van der Waals surface area contributed by atoms with E-state index >= 15 is 0 Å². The van der Waals surface area contributed by atoms with Crippen LogP contribution in [0.1, 0.15) is 191 Å². The van der Waals surface area contributed by atoms with E-state index in [0.717, 1.165) is 24.5 Å². The summed E-state index contributed by atoms with van der Waals surface area (Å²) in [5.74, 6) is 2.71. The van der Waals surface area contributed by atoms with E-state index < -0.39 is 0 Å². The van der Waals surface area contributed by atoms with E-state index in [1.165, 1.54) is 55.9 Å². The Labute approximate surface area is 331 Å². The van der Waals surface area contributed by atoms with Crippen LogP contribution < -0.4 is 21.3 Å². The van der Waals surface area contributed by atoms with Gasteiger partial charge in [0.1, 0.15) is 0 Å². The second-order valence-electron chi connectivity index (χ2n) is 17.9. The van der Waals surface area contributed by atoms with Crippen LogP contribution in [0.25, 0.3) is 0 Å². The summed E-state index contributed by atoms with van der Waals surface area (Å²) in [4.78, 5) is 5.10. The van der Waals surface area contributed by atoms with E-state index in [0.29, 0.717) is 47.6 Å². The molecule has 0 radical (unpaired) electrons. The van der Waals surface area contributed by atoms with Crippen molar-refractivity contribution in [1.82, 2.24) is 0 Å². The lowest BCUT2D eigenvalue weighted by atomic mass is 9.86. The molecule has 0 aliphatic rings. The predicted octanol–water partition coefficient (Wildman–Crippen LogP) is 14.0. The highest BCUT2D eigenvalue weighted by Gasteiger charge is 2.23. The molecule has 296 valence electrons. The molecule has 0 saturated carbocycles. The fourth-order valence-electron chi connectivity index (χ4n) is 7.55. The first-order valence-corrected chi connectivity index (χ1v) is 20.8. The fraction of sp³-hybridized carbons (Fsp3) is 0.520. The molecule has 0 aromatic heterocycles. The highest BCUT2D eigenvalue weighted by Crippen LogP contribution is 2.36. The second kappa shape index (κ2) is 19.6. The molecule has 0 atom stereocenters. The number of hydrogen-bond donors (Lipinski definition) is 2. The van der Waals surface area contributed by atoms with Crippen LogP contribution in [0.5, 0.6) is 0 Å². The lowest BCUT2D eigenvalue weighted by Gasteiger charge is -2.40. The number of hydrogen-bond acceptors (Lipinski definition) is 4. The SMILES string of the molecule is CC(C)c1cc(Cc2cc(C(C)C)c(N)c(C(C)C)c2)cc(C(C)C)c1N.CC(C)c1ccccc1N(CN(c1ccccc1C(C)C)C(C)C)C(C)C. The van der Waals surface area contributed by atoms with Gasteiger partial charge in [-0.2, -0.15) is 0 Å². The van der Waals surface area contributed by atoms with Gasteiger partial charge in [0.2, 0.25) is 0 Å². The number of rotatable bonds is 14. The fourth-order valence-corrected chi connectivity index (χ4v) is 7.55. The standard InChI is InChI=1S/2C25H38N2/c1-14(2)20-10-18(11-21(15(3)4)24(20)26)9-19-12-22(16(5)6)25(27)23(13-19)17(7)8;1-18(2)22-13-9-11-15-24(22)26(20(5)6)17-27(21(7)8)25-16-12-10-14-23(25)19(3)4/h10-17H,9,26-27H2,1-8H3;9-16,18-21H,17H2,1-8H3. The first-order valence-electron chi connectivity index (χ1n) is 20.8. The highest BCUT2D eigenvalue weighted by atomic mass is 15.3. The van der Waals surface area contributed by atoms with Crippen LogP contribution in [0.4, 0.5) is 22.7 Å². The van der Waals surface area contributed by atoms with Gasteiger partial charge in [-0.3, -0.25) is 0 Å². The average Bonchev–Trinajstić information content (AvgIpc) is 3.09. The van der Waals surface area contributed by atoms with Crippen LogP contribution in [-0.2, 0) is 6.42 Å². The summed E-state index contributed by atoms with van der Waals surface area (Å²) in [7, 11) is 0. The van der Waals surface area contributed by atoms with Crippen LogP contribution in [0.3, 0.4) is 0 Å². The molecule has 0 heterocycles. The van der Waals surface area contributed by atoms with Crippen molar-refractivity contribution in [1.29, 1.82) is 0 Å². The molecular formula is C50H76N4. The molecule has 4 aromatic rings. The predicted molar refractivity (Wildman–Crippen MR) is 242 cm³/mol. The third-order valence-corrected chi connectivity index (χ3v) is 10.8. The van der Waals surface area contributed by atoms with E-state index in [-0.39, 0.29) is 0 Å². The largest absolute Gasteiger partial charge is 0.398 e. The first-order chi connectivity index (χ1) is 25.3. The minimum atomic E-state index is 0.423. The zero-order chi connectivity index (χ0) is 40.6. The minimum absolute atomic E-state index is 0.423. The second-order valence-corrected chi connectivity index (χ2v) is 17.9. The number of nitrogen functional groups attached to an aromatic ring is 2. The topological polar surface area (TPSA) is 58.5 Å². The number of para-hydroxylation sites is 2. The van der Waals surface area contributed by atoms with Crippen molar-refractivity contribution in [2.75, 3.05) is 27.9 Å². The molecule has 0 amide bonds. The van der Waals surface area contributed by atoms with Crippen molar-refractivity contribution in [2.24, 2.45) is 0 Å². The Morgan fingerprint density at radius 3 is 0.889 bits per heavy atom. The van der Waals surface area contributed by atoms with Gasteiger partial charge in [-0.05, 0) is 126 Å². The van der Waals surface area contributed by atoms with Gasteiger partial charge in [0.25, 0.3) is 0 Å². The molecule has 4 rings (SSSR count). The molecule has 0 aliphatic carbocycles. The zero-order valence-corrected chi connectivity index (χ0v) is 37.0. The van der Waals surface area contributed by atoms with Gasteiger partial charge in [0.15, 0.2) is 0 Å². The van der Waals surface area contributed by atoms with Crippen LogP contribution in [0, 0.1) is 0 Å². The lowest BCUT2D eigenvalue weighted by molar-refractivity contribution is 0.602. The Morgan fingerprint density at radius 2 is 0.648 bits per heavy atom. The lowest BCUT2D eigenvalue weighted by Crippen LogP contribution is -2.45. The number of nitrogens with two attached hydrogens (primary N) is 2. The van der Waals surface area contributed by atoms with Gasteiger partial charge in [-0.15, -0.1) is 0 Å². The third kappa shape index (κ3) is 11.1. The Balaban J connectivity index is 0.000000290. The van der Waals surface area contributed by atoms with E-state index in [2.05, 4.69) is 193 Å². The summed E-state index contributed by atoms with van der Waals surface area (Å²) in [6.07, 6.45) is 0.916. The summed E-state index contributed by atoms with van der Waals surface area (Å²) < 4.78 is 0. The van der Waals surface area contributed by atoms with Crippen LogP contribution >= 0.6 is 0 Å². The maximum atomic E-state index is 6.48. The van der Waals surface area contributed by atoms with Gasteiger partial charge >= 0.3 is 0 Å². The maximum Gasteiger partial charge on any atom is 0.0908 e. The van der Waals surface area contributed by atoms with Crippen molar-refractivity contribution < 1.29 is 0 Å². The first kappa shape index (κ1) is 44.5. The molecule has 0 aliphatic heterocycles. The molecule has 4 nitrogen and oxygen atoms in total. The highest BCUT2D eigenvalue weighted by molar-refractivity contribution is 5.62. The molecule has 0 spiro atoms. The molecule has 54 heavy (non-hydrogen) atoms. The molecule has 0 bridgehead atoms. The number of nitrogens with zero attached hydrogens (tertiary/aromatic N) is 2. The average molecular weight is 733 g/mol. The van der Waals surface area contributed by atoms with E-state index in [1.54, 1.807) is 0 Å². The normalized spacial score (nSPS) is 11.9. The van der Waals surface area contributed by atoms with Crippen LogP contribution in [0.2, 0.25) is 0 Å². The monoisotopic (exact) mass is 733 g/mol. The van der Waals surface area contributed by atoms with Gasteiger partial charge in [-0.25, -0.2) is 0 Å². The van der Waals surface area contributed by atoms with Gasteiger partial charge in [0.05, 0.1) is 6.67 Å². The van der Waals surface area contributed by atoms with Crippen LogP contribution in [-0.4, -0.2) is 18.8 Å². The van der Waals surface area contributed by atoms with Crippen LogP contribution in [0.15, 0.2) is 72.8 Å². The van der Waals surface area contributed by atoms with Crippen molar-refractivity contribution in [3.05, 3.63) is 117 Å². The Hall–Kier alpha value is -3.92. The Bertz CT molecular complexity index is 1590. The molecule has 0 fully saturated rings. The molecule has 0 unspecified atom stereocenters. The molecule has 0 saturated heterocycles. The number of anilines is 4. The van der Waals surface area contributed by atoms with E-state index in [1.807, 2.05) is 0 Å². The van der Waals surface area contributed by atoms with E-state index in [9.17, 15) is 0 Å². The van der Waals surface area contributed by atoms with E-state index in [4.69, 9.17) is 11.5 Å². The van der Waals surface area contributed by atoms with Crippen molar-refractivity contribution in [3.8, 4) is 0 Å². The summed E-state index contributed by atoms with van der Waals surface area (Å²) in [5.41, 5.74) is 28.2. The van der Waals surface area contributed by atoms with Gasteiger partial charge in [-0.1, -0.05) is 144 Å². The summed E-state index contributed by atoms with van der Waals surface area (Å²) in [6.45, 7) is 37.0. The molecule has 4 aromatic carbocycles. The molecule has 4 heteroatoms. The smallest absolute Gasteiger partial charge is 0.0908 e. The summed E-state index contributed by atoms with van der Waals surface area (Å²) in [6, 6.07) is 27.8. The van der Waals surface area contributed by atoms with Crippen molar-refractivity contribution in [2.45, 2.75) is 165 Å². The van der Waals surface area contributed by atoms with Crippen molar-refractivity contribution >= 4 is 22.7 Å². The molecular weight excluding hydrogens is 657 g/mol. The molecule has 4 N–H and O–H groups in total. The van der Waals surface area contributed by atoms with Gasteiger partial charge in [0, 0.05) is 34.8 Å². The summed E-state index contributed by atoms with van der Waals surface area (Å²) in [5, 5.41) is 0. The summed E-state index contributed by atoms with van der Waals surface area (Å²) >= 11 is 0. The third-order valence-electron chi connectivity index (χ3n) is 10.8. The number of benzene rings is 4. The quantitative estimate of drug-likeness (QED) is 0.100. The minimum Gasteiger partial charge on any atom is -0.398 e. The van der Waals surface area contributed by atoms with Crippen molar-refractivity contribution in [3.63, 3.8) is 0 Å². The maximum absolute atomic E-state index is 6.48. The van der Waals surface area contributed by atoms with Gasteiger partial charge < -0.3 is 21.3 Å².